The SMILES string of the molecule is CN(C)Cc1c(F)cc(-c2cn(C)c(=O)c3cnccc23)cc1OC(F)F. The van der Waals surface area contributed by atoms with E-state index < -0.39 is 12.4 Å². The molecule has 142 valence electrons. The zero-order valence-electron chi connectivity index (χ0n) is 15.0. The van der Waals surface area contributed by atoms with Crippen LogP contribution >= 0.6 is 0 Å². The summed E-state index contributed by atoms with van der Waals surface area (Å²) in [6.45, 7) is -2.98. The molecule has 2 aromatic heterocycles. The highest BCUT2D eigenvalue weighted by Crippen LogP contribution is 2.34. The first-order valence-electron chi connectivity index (χ1n) is 8.13. The number of fused-ring (bicyclic) bond motifs is 1. The van der Waals surface area contributed by atoms with Crippen LogP contribution in [0.1, 0.15) is 5.56 Å². The third-order valence-electron chi connectivity index (χ3n) is 4.14. The predicted molar refractivity (Wildman–Crippen MR) is 96.4 cm³/mol. The number of alkyl halides is 2. The Kier molecular flexibility index (Phi) is 5.18. The summed E-state index contributed by atoms with van der Waals surface area (Å²) in [5.74, 6) is -0.891. The van der Waals surface area contributed by atoms with Crippen molar-refractivity contribution < 1.29 is 17.9 Å². The highest BCUT2D eigenvalue weighted by molar-refractivity contribution is 5.95. The summed E-state index contributed by atoms with van der Waals surface area (Å²) >= 11 is 0. The van der Waals surface area contributed by atoms with Gasteiger partial charge in [-0.2, -0.15) is 8.78 Å². The lowest BCUT2D eigenvalue weighted by Crippen LogP contribution is -2.17. The summed E-state index contributed by atoms with van der Waals surface area (Å²) in [6.07, 6.45) is 4.48. The van der Waals surface area contributed by atoms with Gasteiger partial charge in [0.25, 0.3) is 5.56 Å². The van der Waals surface area contributed by atoms with E-state index in [1.165, 1.54) is 35.3 Å². The third-order valence-corrected chi connectivity index (χ3v) is 4.14. The molecule has 0 radical (unpaired) electrons. The molecule has 2 heterocycles. The number of aryl methyl sites for hydroxylation is 1. The van der Waals surface area contributed by atoms with Gasteiger partial charge in [-0.25, -0.2) is 4.39 Å². The Bertz CT molecular complexity index is 1050. The Morgan fingerprint density at radius 3 is 2.67 bits per heavy atom. The largest absolute Gasteiger partial charge is 0.434 e. The normalized spacial score (nSPS) is 11.6. The summed E-state index contributed by atoms with van der Waals surface area (Å²) in [6, 6.07) is 4.26. The van der Waals surface area contributed by atoms with Gasteiger partial charge < -0.3 is 14.2 Å². The lowest BCUT2D eigenvalue weighted by atomic mass is 9.99. The summed E-state index contributed by atoms with van der Waals surface area (Å²) in [5, 5.41) is 0.905. The van der Waals surface area contributed by atoms with Gasteiger partial charge in [0.2, 0.25) is 0 Å². The van der Waals surface area contributed by atoms with Crippen LogP contribution in [0.2, 0.25) is 0 Å². The van der Waals surface area contributed by atoms with E-state index in [1.807, 2.05) is 0 Å². The van der Waals surface area contributed by atoms with Crippen LogP contribution in [0.5, 0.6) is 5.75 Å². The molecule has 0 unspecified atom stereocenters. The van der Waals surface area contributed by atoms with Crippen LogP contribution in [0, 0.1) is 5.82 Å². The molecule has 3 rings (SSSR count). The standard InChI is InChI=1S/C19H18F3N3O2/c1-24(2)9-15-16(20)6-11(7-17(15)27-19(21)22)14-10-25(3)18(26)13-8-23-5-4-12(13)14/h4-8,10,19H,9H2,1-3H3. The summed E-state index contributed by atoms with van der Waals surface area (Å²) < 4.78 is 46.4. The van der Waals surface area contributed by atoms with Crippen molar-refractivity contribution in [3.8, 4) is 16.9 Å². The van der Waals surface area contributed by atoms with Crippen LogP contribution in [0.25, 0.3) is 21.9 Å². The fraction of sp³-hybridized carbons (Fsp3) is 0.263. The molecule has 8 heteroatoms. The first-order valence-corrected chi connectivity index (χ1v) is 8.13. The number of rotatable bonds is 5. The number of ether oxygens (including phenoxy) is 1. The summed E-state index contributed by atoms with van der Waals surface area (Å²) in [4.78, 5) is 17.9. The monoisotopic (exact) mass is 377 g/mol. The summed E-state index contributed by atoms with van der Waals surface area (Å²) in [7, 11) is 4.96. The fourth-order valence-electron chi connectivity index (χ4n) is 2.98. The molecule has 5 nitrogen and oxygen atoms in total. The molecular weight excluding hydrogens is 359 g/mol. The Hall–Kier alpha value is -2.87. The molecule has 0 saturated carbocycles. The van der Waals surface area contributed by atoms with Gasteiger partial charge >= 0.3 is 6.61 Å². The predicted octanol–water partition coefficient (Wildman–Crippen LogP) is 3.40. The number of pyridine rings is 2. The second-order valence-electron chi connectivity index (χ2n) is 6.43. The van der Waals surface area contributed by atoms with Gasteiger partial charge in [-0.3, -0.25) is 9.78 Å². The van der Waals surface area contributed by atoms with Crippen molar-refractivity contribution in [1.29, 1.82) is 0 Å². The van der Waals surface area contributed by atoms with E-state index in [0.29, 0.717) is 21.9 Å². The van der Waals surface area contributed by atoms with Crippen LogP contribution in [-0.4, -0.2) is 35.2 Å². The smallest absolute Gasteiger partial charge is 0.387 e. The molecule has 0 amide bonds. The minimum atomic E-state index is -3.08. The molecule has 0 spiro atoms. The Morgan fingerprint density at radius 2 is 2.00 bits per heavy atom. The molecule has 0 aliphatic rings. The lowest BCUT2D eigenvalue weighted by molar-refractivity contribution is -0.0508. The molecule has 0 atom stereocenters. The molecule has 0 saturated heterocycles. The second-order valence-corrected chi connectivity index (χ2v) is 6.43. The highest BCUT2D eigenvalue weighted by atomic mass is 19.3. The quantitative estimate of drug-likeness (QED) is 0.684. The highest BCUT2D eigenvalue weighted by Gasteiger charge is 2.19. The average Bonchev–Trinajstić information content (AvgIpc) is 2.60. The van der Waals surface area contributed by atoms with Gasteiger partial charge in [0.15, 0.2) is 0 Å². The van der Waals surface area contributed by atoms with E-state index in [1.54, 1.807) is 32.1 Å². The number of halogens is 3. The van der Waals surface area contributed by atoms with Crippen molar-refractivity contribution in [2.45, 2.75) is 13.2 Å². The van der Waals surface area contributed by atoms with Crippen molar-refractivity contribution in [1.82, 2.24) is 14.5 Å². The van der Waals surface area contributed by atoms with Crippen molar-refractivity contribution in [3.63, 3.8) is 0 Å². The van der Waals surface area contributed by atoms with Gasteiger partial charge in [-0.15, -0.1) is 0 Å². The Morgan fingerprint density at radius 1 is 1.26 bits per heavy atom. The van der Waals surface area contributed by atoms with E-state index in [2.05, 4.69) is 9.72 Å². The van der Waals surface area contributed by atoms with Gasteiger partial charge in [0.1, 0.15) is 11.6 Å². The maximum Gasteiger partial charge on any atom is 0.387 e. The first-order chi connectivity index (χ1) is 12.8. The van der Waals surface area contributed by atoms with Crippen LogP contribution in [0.4, 0.5) is 13.2 Å². The Labute approximate surface area is 153 Å². The maximum atomic E-state index is 14.8. The number of hydrogen-bond donors (Lipinski definition) is 0. The zero-order chi connectivity index (χ0) is 19.7. The molecule has 0 bridgehead atoms. The minimum Gasteiger partial charge on any atom is -0.434 e. The molecular formula is C19H18F3N3O2. The van der Waals surface area contributed by atoms with E-state index in [4.69, 9.17) is 0 Å². The number of nitrogens with zero attached hydrogens (tertiary/aromatic N) is 3. The molecule has 27 heavy (non-hydrogen) atoms. The minimum absolute atomic E-state index is 0.0415. The van der Waals surface area contributed by atoms with Crippen molar-refractivity contribution in [2.24, 2.45) is 7.05 Å². The van der Waals surface area contributed by atoms with Crippen LogP contribution < -0.4 is 10.3 Å². The van der Waals surface area contributed by atoms with Crippen LogP contribution in [-0.2, 0) is 13.6 Å². The average molecular weight is 377 g/mol. The van der Waals surface area contributed by atoms with Gasteiger partial charge in [-0.1, -0.05) is 0 Å². The van der Waals surface area contributed by atoms with Gasteiger partial charge in [0.05, 0.1) is 5.39 Å². The van der Waals surface area contributed by atoms with Gasteiger partial charge in [0, 0.05) is 43.3 Å². The number of hydrogen-bond acceptors (Lipinski definition) is 4. The van der Waals surface area contributed by atoms with Crippen molar-refractivity contribution in [2.75, 3.05) is 14.1 Å². The van der Waals surface area contributed by atoms with Crippen LogP contribution in [0.3, 0.4) is 0 Å². The number of benzene rings is 1. The molecule has 0 N–H and O–H groups in total. The lowest BCUT2D eigenvalue weighted by Gasteiger charge is -2.18. The second kappa shape index (κ2) is 7.40. The number of aromatic nitrogens is 2. The molecule has 0 fully saturated rings. The van der Waals surface area contributed by atoms with Crippen molar-refractivity contribution in [3.05, 3.63) is 58.5 Å². The summed E-state index contributed by atoms with van der Waals surface area (Å²) in [5.41, 5.74) is 0.636. The topological polar surface area (TPSA) is 47.4 Å². The first kappa shape index (κ1) is 18.9. The molecule has 0 aliphatic carbocycles. The Balaban J connectivity index is 2.27. The molecule has 0 aliphatic heterocycles. The zero-order valence-corrected chi connectivity index (χ0v) is 15.0. The maximum absolute atomic E-state index is 14.8. The van der Waals surface area contributed by atoms with E-state index in [0.717, 1.165) is 0 Å². The van der Waals surface area contributed by atoms with Crippen molar-refractivity contribution >= 4 is 10.8 Å². The van der Waals surface area contributed by atoms with Gasteiger partial charge in [-0.05, 0) is 43.2 Å². The van der Waals surface area contributed by atoms with E-state index in [-0.39, 0.29) is 23.4 Å². The molecule has 1 aromatic carbocycles. The van der Waals surface area contributed by atoms with E-state index in [9.17, 15) is 18.0 Å². The molecule has 3 aromatic rings. The fourth-order valence-corrected chi connectivity index (χ4v) is 2.98. The van der Waals surface area contributed by atoms with E-state index >= 15 is 0 Å². The van der Waals surface area contributed by atoms with Crippen LogP contribution in [0.15, 0.2) is 41.6 Å². The third kappa shape index (κ3) is 3.80.